The zero-order valence-electron chi connectivity index (χ0n) is 17.7. The van der Waals surface area contributed by atoms with Crippen LogP contribution in [-0.2, 0) is 7.05 Å². The number of thioether (sulfide) groups is 1. The Morgan fingerprint density at radius 3 is 2.61 bits per heavy atom. The Morgan fingerprint density at radius 1 is 1.13 bits per heavy atom. The van der Waals surface area contributed by atoms with Crippen molar-refractivity contribution in [3.63, 3.8) is 0 Å². The molecule has 0 saturated carbocycles. The molecule has 0 saturated heterocycles. The first-order valence-electron chi connectivity index (χ1n) is 9.72. The maximum atomic E-state index is 13.0. The number of fused-ring (bicyclic) bond motifs is 1. The van der Waals surface area contributed by atoms with Crippen molar-refractivity contribution in [2.45, 2.75) is 23.4 Å². The van der Waals surface area contributed by atoms with Gasteiger partial charge in [0.15, 0.2) is 45.9 Å². The van der Waals surface area contributed by atoms with E-state index in [4.69, 9.17) is 18.9 Å². The molecule has 0 bridgehead atoms. The Kier molecular flexibility index (Phi) is 6.03. The maximum absolute atomic E-state index is 13.0. The van der Waals surface area contributed by atoms with E-state index in [0.29, 0.717) is 46.1 Å². The molecule has 1 aliphatic rings. The van der Waals surface area contributed by atoms with E-state index in [2.05, 4.69) is 10.2 Å². The first-order valence-corrected chi connectivity index (χ1v) is 10.6. The quantitative estimate of drug-likeness (QED) is 0.405. The van der Waals surface area contributed by atoms with Crippen LogP contribution in [0.2, 0.25) is 0 Å². The standard InChI is InChI=1S/C22H23N3O5S/c1-13(20(26)14-9-10-15(27-3)18(11-14)28-4)31-22-24-23-21(25(22)2)19-12-29-16-7-5-6-8-17(16)30-19/h5-11,13,19H,12H2,1-4H3. The Labute approximate surface area is 184 Å². The van der Waals surface area contributed by atoms with Crippen LogP contribution in [-0.4, -0.2) is 46.6 Å². The summed E-state index contributed by atoms with van der Waals surface area (Å²) in [6.45, 7) is 2.18. The Morgan fingerprint density at radius 2 is 1.87 bits per heavy atom. The number of rotatable bonds is 7. The highest BCUT2D eigenvalue weighted by atomic mass is 32.2. The zero-order valence-corrected chi connectivity index (χ0v) is 18.5. The van der Waals surface area contributed by atoms with Gasteiger partial charge in [0.25, 0.3) is 0 Å². The van der Waals surface area contributed by atoms with Crippen LogP contribution in [0.3, 0.4) is 0 Å². The Balaban J connectivity index is 1.48. The van der Waals surface area contributed by atoms with Crippen molar-refractivity contribution in [2.24, 2.45) is 7.05 Å². The van der Waals surface area contributed by atoms with E-state index in [-0.39, 0.29) is 17.1 Å². The van der Waals surface area contributed by atoms with Crippen molar-refractivity contribution >= 4 is 17.5 Å². The molecule has 9 heteroatoms. The van der Waals surface area contributed by atoms with E-state index in [0.717, 1.165) is 0 Å². The summed E-state index contributed by atoms with van der Waals surface area (Å²) in [4.78, 5) is 13.0. The van der Waals surface area contributed by atoms with Gasteiger partial charge in [-0.05, 0) is 37.3 Å². The molecule has 0 radical (unpaired) electrons. The number of hydrogen-bond acceptors (Lipinski definition) is 8. The molecule has 4 rings (SSSR count). The molecule has 1 aliphatic heterocycles. The normalized spacial score (nSPS) is 15.9. The molecule has 0 N–H and O–H groups in total. The average Bonchev–Trinajstić information content (AvgIpc) is 3.17. The van der Waals surface area contributed by atoms with E-state index in [9.17, 15) is 4.79 Å². The van der Waals surface area contributed by atoms with E-state index >= 15 is 0 Å². The van der Waals surface area contributed by atoms with Gasteiger partial charge in [0.2, 0.25) is 0 Å². The lowest BCUT2D eigenvalue weighted by Crippen LogP contribution is -2.24. The van der Waals surface area contributed by atoms with Gasteiger partial charge in [-0.1, -0.05) is 23.9 Å². The second-order valence-corrected chi connectivity index (χ2v) is 8.27. The third-order valence-corrected chi connectivity index (χ3v) is 6.12. The summed E-state index contributed by atoms with van der Waals surface area (Å²) in [5.41, 5.74) is 0.542. The molecule has 3 aromatic rings. The van der Waals surface area contributed by atoms with E-state index in [1.165, 1.54) is 11.8 Å². The van der Waals surface area contributed by atoms with E-state index in [1.54, 1.807) is 32.4 Å². The van der Waals surface area contributed by atoms with Crippen LogP contribution in [0.5, 0.6) is 23.0 Å². The molecule has 0 amide bonds. The van der Waals surface area contributed by atoms with Crippen LogP contribution in [0.4, 0.5) is 0 Å². The van der Waals surface area contributed by atoms with Crippen molar-refractivity contribution in [1.82, 2.24) is 14.8 Å². The van der Waals surface area contributed by atoms with Crippen molar-refractivity contribution in [3.8, 4) is 23.0 Å². The minimum atomic E-state index is -0.377. The van der Waals surface area contributed by atoms with Crippen LogP contribution in [0.25, 0.3) is 0 Å². The highest BCUT2D eigenvalue weighted by Gasteiger charge is 2.28. The van der Waals surface area contributed by atoms with Gasteiger partial charge >= 0.3 is 0 Å². The van der Waals surface area contributed by atoms with Crippen LogP contribution in [0.15, 0.2) is 47.6 Å². The zero-order chi connectivity index (χ0) is 22.0. The number of carbonyl (C=O) groups excluding carboxylic acids is 1. The second-order valence-electron chi connectivity index (χ2n) is 6.96. The smallest absolute Gasteiger partial charge is 0.192 e. The van der Waals surface area contributed by atoms with Crippen LogP contribution in [0, 0.1) is 0 Å². The fourth-order valence-electron chi connectivity index (χ4n) is 3.29. The molecule has 2 aromatic carbocycles. The number of ketones is 1. The molecule has 0 fully saturated rings. The number of ether oxygens (including phenoxy) is 4. The molecule has 31 heavy (non-hydrogen) atoms. The fraction of sp³-hybridized carbons (Fsp3) is 0.318. The summed E-state index contributed by atoms with van der Waals surface area (Å²) >= 11 is 1.34. The summed E-state index contributed by atoms with van der Waals surface area (Å²) in [5, 5.41) is 8.80. The molecule has 2 unspecified atom stereocenters. The van der Waals surface area contributed by atoms with Crippen molar-refractivity contribution in [1.29, 1.82) is 0 Å². The molecule has 162 valence electrons. The van der Waals surface area contributed by atoms with Crippen LogP contribution < -0.4 is 18.9 Å². The van der Waals surface area contributed by atoms with Crippen molar-refractivity contribution in [2.75, 3.05) is 20.8 Å². The molecule has 2 heterocycles. The largest absolute Gasteiger partial charge is 0.493 e. The predicted octanol–water partition coefficient (Wildman–Crippen LogP) is 3.71. The predicted molar refractivity (Wildman–Crippen MR) is 116 cm³/mol. The molecular formula is C22H23N3O5S. The Hall–Kier alpha value is -3.20. The minimum Gasteiger partial charge on any atom is -0.493 e. The fourth-order valence-corrected chi connectivity index (χ4v) is 4.19. The summed E-state index contributed by atoms with van der Waals surface area (Å²) in [6, 6.07) is 12.7. The number of Topliss-reactive ketones (excluding diaryl/α,β-unsaturated/α-hetero) is 1. The summed E-state index contributed by atoms with van der Waals surface area (Å²) < 4.78 is 24.2. The summed E-state index contributed by atoms with van der Waals surface area (Å²) in [7, 11) is 4.96. The lowest BCUT2D eigenvalue weighted by Gasteiger charge is -2.25. The van der Waals surface area contributed by atoms with Gasteiger partial charge in [0.05, 0.1) is 19.5 Å². The molecular weight excluding hydrogens is 418 g/mol. The highest BCUT2D eigenvalue weighted by Crippen LogP contribution is 2.36. The molecule has 8 nitrogen and oxygen atoms in total. The number of nitrogens with zero attached hydrogens (tertiary/aromatic N) is 3. The second kappa shape index (κ2) is 8.89. The maximum Gasteiger partial charge on any atom is 0.192 e. The molecule has 0 aliphatic carbocycles. The summed E-state index contributed by atoms with van der Waals surface area (Å²) in [6.07, 6.45) is -0.376. The minimum absolute atomic E-state index is 0.0401. The lowest BCUT2D eigenvalue weighted by molar-refractivity contribution is 0.0825. The average molecular weight is 442 g/mol. The third-order valence-electron chi connectivity index (χ3n) is 4.98. The van der Waals surface area contributed by atoms with Gasteiger partial charge in [-0.3, -0.25) is 4.79 Å². The topological polar surface area (TPSA) is 84.7 Å². The van der Waals surface area contributed by atoms with Crippen LogP contribution >= 0.6 is 11.8 Å². The van der Waals surface area contributed by atoms with Gasteiger partial charge in [0, 0.05) is 12.6 Å². The number of hydrogen-bond donors (Lipinski definition) is 0. The van der Waals surface area contributed by atoms with Gasteiger partial charge in [-0.2, -0.15) is 0 Å². The summed E-state index contributed by atoms with van der Waals surface area (Å²) in [5.74, 6) is 3.08. The molecule has 0 spiro atoms. The van der Waals surface area contributed by atoms with E-state index in [1.807, 2.05) is 42.8 Å². The Bertz CT molecular complexity index is 1100. The number of methoxy groups -OCH3 is 2. The van der Waals surface area contributed by atoms with Gasteiger partial charge in [-0.15, -0.1) is 10.2 Å². The van der Waals surface area contributed by atoms with Gasteiger partial charge in [0.1, 0.15) is 6.61 Å². The van der Waals surface area contributed by atoms with Crippen LogP contribution in [0.1, 0.15) is 29.2 Å². The SMILES string of the molecule is COc1ccc(C(=O)C(C)Sc2nnc(C3COc4ccccc4O3)n2C)cc1OC. The monoisotopic (exact) mass is 441 g/mol. The first-order chi connectivity index (χ1) is 15.0. The third kappa shape index (κ3) is 4.18. The number of benzene rings is 2. The van der Waals surface area contributed by atoms with Gasteiger partial charge in [-0.25, -0.2) is 0 Å². The van der Waals surface area contributed by atoms with Crippen molar-refractivity contribution < 1.29 is 23.7 Å². The number of carbonyl (C=O) groups is 1. The van der Waals surface area contributed by atoms with Gasteiger partial charge < -0.3 is 23.5 Å². The number of para-hydroxylation sites is 2. The lowest BCUT2D eigenvalue weighted by atomic mass is 10.1. The van der Waals surface area contributed by atoms with E-state index < -0.39 is 0 Å². The van der Waals surface area contributed by atoms with Crippen molar-refractivity contribution in [3.05, 3.63) is 53.9 Å². The molecule has 2 atom stereocenters. The molecule has 1 aromatic heterocycles. The number of aromatic nitrogens is 3. The first kappa shape index (κ1) is 21.0. The highest BCUT2D eigenvalue weighted by molar-refractivity contribution is 8.00.